The van der Waals surface area contributed by atoms with Crippen molar-refractivity contribution in [2.24, 2.45) is 0 Å². The number of phenols is 1. The molecule has 0 heterocycles. The highest BCUT2D eigenvalue weighted by molar-refractivity contribution is 7.80. The fraction of sp³-hybridized carbons (Fsp3) is 0.250. The summed E-state index contributed by atoms with van der Waals surface area (Å²) < 4.78 is 0. The molecule has 0 saturated carbocycles. The van der Waals surface area contributed by atoms with Gasteiger partial charge in [-0.05, 0) is 23.8 Å². The Morgan fingerprint density at radius 3 is 2.77 bits per heavy atom. The first-order valence-corrected chi connectivity index (χ1v) is 4.35. The van der Waals surface area contributed by atoms with E-state index in [1.807, 2.05) is 0 Å². The molecule has 0 amide bonds. The van der Waals surface area contributed by atoms with Crippen molar-refractivity contribution in [1.82, 2.24) is 0 Å². The van der Waals surface area contributed by atoms with Gasteiger partial charge in [0, 0.05) is 6.07 Å². The molecule has 0 aliphatic rings. The monoisotopic (exact) mass is 199 g/mol. The molecular weight excluding hydrogens is 190 g/mol. The van der Waals surface area contributed by atoms with Crippen molar-refractivity contribution in [2.45, 2.75) is 6.42 Å². The van der Waals surface area contributed by atoms with Crippen LogP contribution in [0.1, 0.15) is 5.56 Å². The van der Waals surface area contributed by atoms with Gasteiger partial charge in [0.15, 0.2) is 5.75 Å². The van der Waals surface area contributed by atoms with E-state index in [-0.39, 0.29) is 11.4 Å². The Morgan fingerprint density at radius 2 is 2.23 bits per heavy atom. The van der Waals surface area contributed by atoms with Crippen molar-refractivity contribution < 1.29 is 10.0 Å². The number of nitrogens with zero attached hydrogens (tertiary/aromatic N) is 1. The largest absolute Gasteiger partial charge is 0.502 e. The van der Waals surface area contributed by atoms with Gasteiger partial charge in [0.1, 0.15) is 0 Å². The number of rotatable bonds is 3. The van der Waals surface area contributed by atoms with Gasteiger partial charge in [-0.1, -0.05) is 6.07 Å². The number of aryl methyl sites for hydroxylation is 1. The fourth-order valence-corrected chi connectivity index (χ4v) is 1.26. The third-order valence-corrected chi connectivity index (χ3v) is 1.86. The van der Waals surface area contributed by atoms with Gasteiger partial charge in [0.25, 0.3) is 0 Å². The lowest BCUT2D eigenvalue weighted by atomic mass is 10.1. The Bertz CT molecular complexity index is 327. The maximum absolute atomic E-state index is 10.4. The van der Waals surface area contributed by atoms with Crippen molar-refractivity contribution in [3.8, 4) is 5.75 Å². The van der Waals surface area contributed by atoms with Crippen LogP contribution in [-0.4, -0.2) is 15.8 Å². The van der Waals surface area contributed by atoms with E-state index < -0.39 is 4.92 Å². The zero-order valence-electron chi connectivity index (χ0n) is 6.80. The summed E-state index contributed by atoms with van der Waals surface area (Å²) in [5.41, 5.74) is 0.554. The summed E-state index contributed by atoms with van der Waals surface area (Å²) in [7, 11) is 0. The second kappa shape index (κ2) is 4.13. The van der Waals surface area contributed by atoms with E-state index in [9.17, 15) is 10.1 Å². The average Bonchev–Trinajstić information content (AvgIpc) is 2.08. The van der Waals surface area contributed by atoms with Gasteiger partial charge in [0.05, 0.1) is 4.92 Å². The highest BCUT2D eigenvalue weighted by Gasteiger charge is 2.12. The molecule has 0 atom stereocenters. The first-order valence-electron chi connectivity index (χ1n) is 3.72. The smallest absolute Gasteiger partial charge is 0.310 e. The Morgan fingerprint density at radius 1 is 1.54 bits per heavy atom. The lowest BCUT2D eigenvalue weighted by molar-refractivity contribution is -0.385. The maximum atomic E-state index is 10.4. The maximum Gasteiger partial charge on any atom is 0.310 e. The number of benzene rings is 1. The summed E-state index contributed by atoms with van der Waals surface area (Å²) in [6.45, 7) is 0. The molecule has 0 saturated heterocycles. The van der Waals surface area contributed by atoms with Crippen molar-refractivity contribution in [3.63, 3.8) is 0 Å². The van der Waals surface area contributed by atoms with Crippen LogP contribution in [0.15, 0.2) is 18.2 Å². The summed E-state index contributed by atoms with van der Waals surface area (Å²) in [5, 5.41) is 19.5. The number of nitro groups is 1. The Hall–Kier alpha value is -1.23. The molecule has 5 heteroatoms. The molecule has 0 aliphatic heterocycles. The molecule has 0 aliphatic carbocycles. The minimum atomic E-state index is -0.600. The molecule has 0 aromatic heterocycles. The van der Waals surface area contributed by atoms with Crippen LogP contribution < -0.4 is 0 Å². The number of aromatic hydroxyl groups is 1. The van der Waals surface area contributed by atoms with E-state index in [4.69, 9.17) is 5.11 Å². The van der Waals surface area contributed by atoms with Crippen LogP contribution in [-0.2, 0) is 6.42 Å². The van der Waals surface area contributed by atoms with Gasteiger partial charge >= 0.3 is 5.69 Å². The van der Waals surface area contributed by atoms with E-state index >= 15 is 0 Å². The van der Waals surface area contributed by atoms with E-state index in [1.54, 1.807) is 6.07 Å². The summed E-state index contributed by atoms with van der Waals surface area (Å²) in [6, 6.07) is 4.35. The van der Waals surface area contributed by atoms with Crippen molar-refractivity contribution in [2.75, 3.05) is 5.75 Å². The molecule has 0 bridgehead atoms. The zero-order chi connectivity index (χ0) is 9.84. The van der Waals surface area contributed by atoms with Crippen molar-refractivity contribution in [3.05, 3.63) is 33.9 Å². The normalized spacial score (nSPS) is 9.92. The molecule has 1 rings (SSSR count). The lowest BCUT2D eigenvalue weighted by Gasteiger charge is -1.99. The number of phenolic OH excluding ortho intramolecular Hbond substituents is 1. The molecule has 1 aromatic carbocycles. The first kappa shape index (κ1) is 9.85. The van der Waals surface area contributed by atoms with Gasteiger partial charge in [-0.25, -0.2) is 0 Å². The summed E-state index contributed by atoms with van der Waals surface area (Å²) in [5.74, 6) is 0.329. The summed E-state index contributed by atoms with van der Waals surface area (Å²) >= 11 is 4.01. The second-order valence-electron chi connectivity index (χ2n) is 2.55. The standard InChI is InChI=1S/C8H9NO3S/c10-8-2-1-6(3-4-13)5-7(8)9(11)12/h1-2,5,10,13H,3-4H2. The number of hydrogen-bond acceptors (Lipinski definition) is 4. The van der Waals surface area contributed by atoms with Crippen LogP contribution in [0.5, 0.6) is 5.75 Å². The Labute approximate surface area is 80.8 Å². The molecular formula is C8H9NO3S. The van der Waals surface area contributed by atoms with Crippen LogP contribution in [0.4, 0.5) is 5.69 Å². The van der Waals surface area contributed by atoms with E-state index in [1.165, 1.54) is 12.1 Å². The Balaban J connectivity index is 3.04. The molecule has 1 N–H and O–H groups in total. The van der Waals surface area contributed by atoms with Crippen LogP contribution in [0.25, 0.3) is 0 Å². The summed E-state index contributed by atoms with van der Waals surface area (Å²) in [4.78, 5) is 9.80. The number of thiol groups is 1. The highest BCUT2D eigenvalue weighted by Crippen LogP contribution is 2.26. The van der Waals surface area contributed by atoms with Crippen molar-refractivity contribution in [1.29, 1.82) is 0 Å². The topological polar surface area (TPSA) is 63.4 Å². The summed E-state index contributed by atoms with van der Waals surface area (Å²) in [6.07, 6.45) is 0.657. The minimum Gasteiger partial charge on any atom is -0.502 e. The number of nitro benzene ring substituents is 1. The zero-order valence-corrected chi connectivity index (χ0v) is 7.70. The second-order valence-corrected chi connectivity index (χ2v) is 3.00. The van der Waals surface area contributed by atoms with Gasteiger partial charge in [-0.15, -0.1) is 0 Å². The van der Waals surface area contributed by atoms with Crippen LogP contribution in [0.3, 0.4) is 0 Å². The molecule has 0 radical (unpaired) electrons. The predicted octanol–water partition coefficient (Wildman–Crippen LogP) is 1.77. The van der Waals surface area contributed by atoms with Crippen LogP contribution in [0.2, 0.25) is 0 Å². The highest BCUT2D eigenvalue weighted by atomic mass is 32.1. The minimum absolute atomic E-state index is 0.251. The third kappa shape index (κ3) is 2.35. The molecule has 0 spiro atoms. The number of hydrogen-bond donors (Lipinski definition) is 2. The van der Waals surface area contributed by atoms with Crippen LogP contribution >= 0.6 is 12.6 Å². The van der Waals surface area contributed by atoms with Gasteiger partial charge in [-0.3, -0.25) is 10.1 Å². The Kier molecular flexibility index (Phi) is 3.13. The molecule has 1 aromatic rings. The van der Waals surface area contributed by atoms with Crippen molar-refractivity contribution >= 4 is 18.3 Å². The van der Waals surface area contributed by atoms with E-state index in [2.05, 4.69) is 12.6 Å². The lowest BCUT2D eigenvalue weighted by Crippen LogP contribution is -1.92. The SMILES string of the molecule is O=[N+]([O-])c1cc(CCS)ccc1O. The molecule has 4 nitrogen and oxygen atoms in total. The first-order chi connectivity index (χ1) is 6.15. The fourth-order valence-electron chi connectivity index (χ4n) is 1.000. The third-order valence-electron chi connectivity index (χ3n) is 1.64. The van der Waals surface area contributed by atoms with E-state index in [0.29, 0.717) is 12.2 Å². The van der Waals surface area contributed by atoms with Gasteiger partial charge < -0.3 is 5.11 Å². The predicted molar refractivity (Wildman–Crippen MR) is 52.3 cm³/mol. The van der Waals surface area contributed by atoms with Gasteiger partial charge in [-0.2, -0.15) is 12.6 Å². The van der Waals surface area contributed by atoms with Crippen LogP contribution in [0, 0.1) is 10.1 Å². The average molecular weight is 199 g/mol. The molecule has 0 unspecified atom stereocenters. The quantitative estimate of drug-likeness (QED) is 0.443. The molecule has 70 valence electrons. The van der Waals surface area contributed by atoms with Gasteiger partial charge in [0.2, 0.25) is 0 Å². The van der Waals surface area contributed by atoms with E-state index in [0.717, 1.165) is 5.56 Å². The molecule has 13 heavy (non-hydrogen) atoms. The molecule has 0 fully saturated rings.